The van der Waals surface area contributed by atoms with Gasteiger partial charge in [0.1, 0.15) is 5.60 Å². The maximum absolute atomic E-state index is 11.9. The summed E-state index contributed by atoms with van der Waals surface area (Å²) in [5.74, 6) is 0. The third-order valence-corrected chi connectivity index (χ3v) is 3.02. The standard InChI is InChI=1S/C13H22N4O2/c1-13(2,3)19-12(18)17-6-4-10(5-7-17)16-11-8-14-15-9-11/h8-10,16H,4-7H2,1-3H3,(H,14,15). The molecule has 1 fully saturated rings. The van der Waals surface area contributed by atoms with E-state index in [2.05, 4.69) is 15.5 Å². The molecule has 1 aliphatic rings. The van der Waals surface area contributed by atoms with Crippen molar-refractivity contribution in [2.45, 2.75) is 45.3 Å². The molecule has 1 saturated heterocycles. The predicted octanol–water partition coefficient (Wildman–Crippen LogP) is 2.22. The predicted molar refractivity (Wildman–Crippen MR) is 73.0 cm³/mol. The van der Waals surface area contributed by atoms with Crippen molar-refractivity contribution >= 4 is 11.8 Å². The van der Waals surface area contributed by atoms with Gasteiger partial charge in [0, 0.05) is 25.3 Å². The van der Waals surface area contributed by atoms with Crippen molar-refractivity contribution in [1.82, 2.24) is 15.1 Å². The molecule has 0 unspecified atom stereocenters. The molecule has 0 spiro atoms. The topological polar surface area (TPSA) is 70.2 Å². The molecule has 6 nitrogen and oxygen atoms in total. The largest absolute Gasteiger partial charge is 0.444 e. The van der Waals surface area contributed by atoms with Crippen LogP contribution >= 0.6 is 0 Å². The van der Waals surface area contributed by atoms with Crippen LogP contribution in [0.2, 0.25) is 0 Å². The molecular formula is C13H22N4O2. The number of nitrogens with one attached hydrogen (secondary N) is 2. The number of hydrogen-bond donors (Lipinski definition) is 2. The maximum Gasteiger partial charge on any atom is 0.410 e. The van der Waals surface area contributed by atoms with Gasteiger partial charge < -0.3 is 15.0 Å². The van der Waals surface area contributed by atoms with E-state index in [1.807, 2.05) is 27.0 Å². The average Bonchev–Trinajstić information content (AvgIpc) is 2.80. The van der Waals surface area contributed by atoms with Crippen molar-refractivity contribution in [2.75, 3.05) is 18.4 Å². The van der Waals surface area contributed by atoms with Crippen LogP contribution in [0.4, 0.5) is 10.5 Å². The Bertz CT molecular complexity index is 403. The summed E-state index contributed by atoms with van der Waals surface area (Å²) < 4.78 is 5.37. The fourth-order valence-corrected chi connectivity index (χ4v) is 2.10. The van der Waals surface area contributed by atoms with Crippen LogP contribution in [0, 0.1) is 0 Å². The van der Waals surface area contributed by atoms with Crippen molar-refractivity contribution < 1.29 is 9.53 Å². The van der Waals surface area contributed by atoms with E-state index in [1.165, 1.54) is 0 Å². The monoisotopic (exact) mass is 266 g/mol. The number of carbonyl (C=O) groups excluding carboxylic acids is 1. The van der Waals surface area contributed by atoms with Crippen LogP contribution < -0.4 is 5.32 Å². The number of H-pyrrole nitrogens is 1. The van der Waals surface area contributed by atoms with E-state index in [0.29, 0.717) is 6.04 Å². The Labute approximate surface area is 113 Å². The normalized spacial score (nSPS) is 17.3. The van der Waals surface area contributed by atoms with E-state index in [4.69, 9.17) is 4.74 Å². The van der Waals surface area contributed by atoms with Crippen LogP contribution in [-0.4, -0.2) is 45.9 Å². The Morgan fingerprint density at radius 2 is 2.16 bits per heavy atom. The second kappa shape index (κ2) is 5.50. The van der Waals surface area contributed by atoms with Gasteiger partial charge in [0.2, 0.25) is 0 Å². The van der Waals surface area contributed by atoms with Crippen LogP contribution in [0.5, 0.6) is 0 Å². The highest BCUT2D eigenvalue weighted by molar-refractivity contribution is 5.68. The molecule has 0 aliphatic carbocycles. The molecular weight excluding hydrogens is 244 g/mol. The number of ether oxygens (including phenoxy) is 1. The SMILES string of the molecule is CC(C)(C)OC(=O)N1CCC(Nc2cn[nH]c2)CC1. The molecule has 0 aromatic carbocycles. The van der Waals surface area contributed by atoms with Crippen LogP contribution in [0.3, 0.4) is 0 Å². The van der Waals surface area contributed by atoms with E-state index in [9.17, 15) is 4.79 Å². The van der Waals surface area contributed by atoms with Gasteiger partial charge in [-0.3, -0.25) is 5.10 Å². The quantitative estimate of drug-likeness (QED) is 0.861. The van der Waals surface area contributed by atoms with Crippen molar-refractivity contribution in [3.05, 3.63) is 12.4 Å². The summed E-state index contributed by atoms with van der Waals surface area (Å²) in [6, 6.07) is 0.385. The Hall–Kier alpha value is -1.72. The summed E-state index contributed by atoms with van der Waals surface area (Å²) in [4.78, 5) is 13.7. The molecule has 0 radical (unpaired) electrons. The van der Waals surface area contributed by atoms with Gasteiger partial charge in [0.25, 0.3) is 0 Å². The number of nitrogens with zero attached hydrogens (tertiary/aromatic N) is 2. The molecule has 2 N–H and O–H groups in total. The summed E-state index contributed by atoms with van der Waals surface area (Å²) in [5.41, 5.74) is 0.568. The minimum Gasteiger partial charge on any atom is -0.444 e. The Balaban J connectivity index is 1.77. The van der Waals surface area contributed by atoms with E-state index >= 15 is 0 Å². The number of piperidine rings is 1. The van der Waals surface area contributed by atoms with Crippen LogP contribution in [0.25, 0.3) is 0 Å². The fourth-order valence-electron chi connectivity index (χ4n) is 2.10. The Morgan fingerprint density at radius 1 is 1.47 bits per heavy atom. The van der Waals surface area contributed by atoms with Crippen molar-refractivity contribution in [2.24, 2.45) is 0 Å². The summed E-state index contributed by atoms with van der Waals surface area (Å²) >= 11 is 0. The van der Waals surface area contributed by atoms with Crippen molar-refractivity contribution in [3.8, 4) is 0 Å². The number of carbonyl (C=O) groups is 1. The van der Waals surface area contributed by atoms with Gasteiger partial charge in [-0.1, -0.05) is 0 Å². The number of amides is 1. The van der Waals surface area contributed by atoms with E-state index < -0.39 is 5.60 Å². The highest BCUT2D eigenvalue weighted by Crippen LogP contribution is 2.18. The minimum absolute atomic E-state index is 0.214. The Kier molecular flexibility index (Phi) is 3.97. The second-order valence-corrected chi connectivity index (χ2v) is 5.87. The number of anilines is 1. The molecule has 0 bridgehead atoms. The third kappa shape index (κ3) is 4.15. The maximum atomic E-state index is 11.9. The van der Waals surface area contributed by atoms with Gasteiger partial charge in [-0.2, -0.15) is 5.10 Å². The molecule has 106 valence electrons. The summed E-state index contributed by atoms with van der Waals surface area (Å²) in [7, 11) is 0. The van der Waals surface area contributed by atoms with E-state index in [1.54, 1.807) is 11.1 Å². The third-order valence-electron chi connectivity index (χ3n) is 3.02. The lowest BCUT2D eigenvalue weighted by molar-refractivity contribution is 0.0210. The molecule has 2 heterocycles. The first-order chi connectivity index (χ1) is 8.94. The van der Waals surface area contributed by atoms with E-state index in [0.717, 1.165) is 31.6 Å². The molecule has 0 saturated carbocycles. The summed E-state index contributed by atoms with van der Waals surface area (Å²) in [6.07, 6.45) is 5.23. The number of aromatic nitrogens is 2. The highest BCUT2D eigenvalue weighted by atomic mass is 16.6. The minimum atomic E-state index is -0.428. The number of hydrogen-bond acceptors (Lipinski definition) is 4. The molecule has 1 aromatic rings. The van der Waals surface area contributed by atoms with Gasteiger partial charge in [-0.25, -0.2) is 4.79 Å². The zero-order valence-corrected chi connectivity index (χ0v) is 11.8. The average molecular weight is 266 g/mol. The summed E-state index contributed by atoms with van der Waals surface area (Å²) in [6.45, 7) is 7.11. The van der Waals surface area contributed by atoms with Crippen molar-refractivity contribution in [3.63, 3.8) is 0 Å². The van der Waals surface area contributed by atoms with Crippen LogP contribution in [0.1, 0.15) is 33.6 Å². The lowest BCUT2D eigenvalue weighted by Crippen LogP contribution is -2.44. The number of likely N-dealkylation sites (tertiary alicyclic amines) is 1. The van der Waals surface area contributed by atoms with Gasteiger partial charge >= 0.3 is 6.09 Å². The van der Waals surface area contributed by atoms with Gasteiger partial charge in [0.05, 0.1) is 11.9 Å². The number of aromatic amines is 1. The first-order valence-electron chi connectivity index (χ1n) is 6.67. The van der Waals surface area contributed by atoms with Gasteiger partial charge in [0.15, 0.2) is 0 Å². The Morgan fingerprint density at radius 3 is 2.68 bits per heavy atom. The number of rotatable bonds is 2. The van der Waals surface area contributed by atoms with Gasteiger partial charge in [-0.05, 0) is 33.6 Å². The van der Waals surface area contributed by atoms with Crippen molar-refractivity contribution in [1.29, 1.82) is 0 Å². The lowest BCUT2D eigenvalue weighted by Gasteiger charge is -2.33. The molecule has 2 rings (SSSR count). The van der Waals surface area contributed by atoms with Crippen LogP contribution in [0.15, 0.2) is 12.4 Å². The smallest absolute Gasteiger partial charge is 0.410 e. The molecule has 0 atom stereocenters. The van der Waals surface area contributed by atoms with Gasteiger partial charge in [-0.15, -0.1) is 0 Å². The molecule has 1 amide bonds. The second-order valence-electron chi connectivity index (χ2n) is 5.87. The zero-order valence-electron chi connectivity index (χ0n) is 11.8. The molecule has 19 heavy (non-hydrogen) atoms. The molecule has 1 aliphatic heterocycles. The van der Waals surface area contributed by atoms with E-state index in [-0.39, 0.29) is 6.09 Å². The first kappa shape index (κ1) is 13.7. The zero-order chi connectivity index (χ0) is 13.9. The lowest BCUT2D eigenvalue weighted by atomic mass is 10.1. The highest BCUT2D eigenvalue weighted by Gasteiger charge is 2.26. The molecule has 1 aromatic heterocycles. The first-order valence-corrected chi connectivity index (χ1v) is 6.67. The molecule has 6 heteroatoms. The summed E-state index contributed by atoms with van der Waals surface area (Å²) in [5, 5.41) is 10.1. The van der Waals surface area contributed by atoms with Crippen LogP contribution in [-0.2, 0) is 4.74 Å². The fraction of sp³-hybridized carbons (Fsp3) is 0.692.